The van der Waals surface area contributed by atoms with Crippen molar-refractivity contribution in [1.82, 2.24) is 0 Å². The summed E-state index contributed by atoms with van der Waals surface area (Å²) in [4.78, 5) is 26.9. The third-order valence-corrected chi connectivity index (χ3v) is 8.15. The number of nitrogens with zero attached hydrogens (tertiary/aromatic N) is 1. The molecule has 0 radical (unpaired) electrons. The van der Waals surface area contributed by atoms with Crippen molar-refractivity contribution in [2.45, 2.75) is 19.8 Å². The number of fused-ring (bicyclic) bond motifs is 1. The van der Waals surface area contributed by atoms with Gasteiger partial charge in [-0.25, -0.2) is 9.18 Å². The van der Waals surface area contributed by atoms with Gasteiger partial charge in [-0.15, -0.1) is 0 Å². The number of ether oxygens (including phenoxy) is 2. The summed E-state index contributed by atoms with van der Waals surface area (Å²) in [5.74, 6) is -0.0927. The number of hydrogen-bond acceptors (Lipinski definition) is 6. The van der Waals surface area contributed by atoms with Gasteiger partial charge < -0.3 is 24.1 Å². The fourth-order valence-electron chi connectivity index (χ4n) is 5.66. The standard InChI is InChI=1S/C36H33FN2O5/c1-23-30-20-26(25-7-4-3-5-8-25)11-14-33(30)44-34(23)35(40)38-28-12-13-32(31(37)21-28)39-17-15-24(16-18-39)22-43-29-10-6-9-27(19-29)36(41)42-2/h3-14,19-21,24H,15-18,22H2,1-2H3,(H,38,40). The van der Waals surface area contributed by atoms with E-state index in [1.807, 2.05) is 66.4 Å². The maximum absolute atomic E-state index is 15.3. The number of methoxy groups -OCH3 is 1. The van der Waals surface area contributed by atoms with Gasteiger partial charge in [0.05, 0.1) is 25.0 Å². The molecule has 1 N–H and O–H groups in total. The lowest BCUT2D eigenvalue weighted by Crippen LogP contribution is -2.36. The lowest BCUT2D eigenvalue weighted by Gasteiger charge is -2.33. The molecule has 1 aliphatic rings. The van der Waals surface area contributed by atoms with Crippen molar-refractivity contribution >= 4 is 34.2 Å². The largest absolute Gasteiger partial charge is 0.493 e. The van der Waals surface area contributed by atoms with Crippen LogP contribution in [0.25, 0.3) is 22.1 Å². The van der Waals surface area contributed by atoms with E-state index >= 15 is 4.39 Å². The van der Waals surface area contributed by atoms with E-state index in [0.29, 0.717) is 53.9 Å². The molecule has 0 bridgehead atoms. The molecule has 0 atom stereocenters. The fourth-order valence-corrected chi connectivity index (χ4v) is 5.66. The number of hydrogen-bond donors (Lipinski definition) is 1. The van der Waals surface area contributed by atoms with E-state index in [4.69, 9.17) is 13.9 Å². The van der Waals surface area contributed by atoms with Crippen LogP contribution in [0.15, 0.2) is 95.4 Å². The second-order valence-corrected chi connectivity index (χ2v) is 11.0. The van der Waals surface area contributed by atoms with Crippen LogP contribution in [0.4, 0.5) is 15.8 Å². The minimum Gasteiger partial charge on any atom is -0.493 e. The summed E-state index contributed by atoms with van der Waals surface area (Å²) in [5.41, 5.74) is 4.78. The molecule has 0 aliphatic carbocycles. The van der Waals surface area contributed by atoms with Gasteiger partial charge in [0.15, 0.2) is 5.76 Å². The highest BCUT2D eigenvalue weighted by Crippen LogP contribution is 2.32. The zero-order valence-corrected chi connectivity index (χ0v) is 24.6. The van der Waals surface area contributed by atoms with Gasteiger partial charge in [-0.3, -0.25) is 4.79 Å². The van der Waals surface area contributed by atoms with Gasteiger partial charge in [-0.2, -0.15) is 0 Å². The molecule has 1 saturated heterocycles. The van der Waals surface area contributed by atoms with E-state index < -0.39 is 17.7 Å². The quantitative estimate of drug-likeness (QED) is 0.185. The van der Waals surface area contributed by atoms with Crippen LogP contribution in [-0.4, -0.2) is 38.7 Å². The Morgan fingerprint density at radius 1 is 0.932 bits per heavy atom. The van der Waals surface area contributed by atoms with Crippen LogP contribution in [0.1, 0.15) is 39.3 Å². The normalized spacial score (nSPS) is 13.6. The van der Waals surface area contributed by atoms with Crippen molar-refractivity contribution < 1.29 is 27.9 Å². The molecule has 2 heterocycles. The molecule has 1 amide bonds. The SMILES string of the molecule is COC(=O)c1cccc(OCC2CCN(c3ccc(NC(=O)c4oc5ccc(-c6ccccc6)cc5c4C)cc3F)CC2)c1. The molecule has 0 unspecified atom stereocenters. The first-order chi connectivity index (χ1) is 21.4. The first-order valence-corrected chi connectivity index (χ1v) is 14.6. The Labute approximate surface area is 255 Å². The average Bonchev–Trinajstić information content (AvgIpc) is 3.40. The van der Waals surface area contributed by atoms with Crippen LogP contribution in [0.5, 0.6) is 5.75 Å². The van der Waals surface area contributed by atoms with Gasteiger partial charge in [-0.05, 0) is 85.3 Å². The first-order valence-electron chi connectivity index (χ1n) is 14.6. The van der Waals surface area contributed by atoms with Crippen molar-refractivity contribution in [3.8, 4) is 16.9 Å². The number of piperidine rings is 1. The maximum atomic E-state index is 15.3. The third-order valence-electron chi connectivity index (χ3n) is 8.15. The molecular weight excluding hydrogens is 559 g/mol. The molecule has 1 aliphatic heterocycles. The monoisotopic (exact) mass is 592 g/mol. The van der Waals surface area contributed by atoms with Crippen molar-refractivity contribution in [2.75, 3.05) is 37.0 Å². The van der Waals surface area contributed by atoms with Gasteiger partial charge in [0, 0.05) is 29.7 Å². The molecule has 224 valence electrons. The summed E-state index contributed by atoms with van der Waals surface area (Å²) in [6.07, 6.45) is 1.68. The minimum atomic E-state index is -0.426. The Balaban J connectivity index is 1.06. The first kappa shape index (κ1) is 29.0. The Bertz CT molecular complexity index is 1810. The number of esters is 1. The van der Waals surface area contributed by atoms with Gasteiger partial charge in [0.25, 0.3) is 5.91 Å². The lowest BCUT2D eigenvalue weighted by atomic mass is 9.97. The topological polar surface area (TPSA) is 81.0 Å². The summed E-state index contributed by atoms with van der Waals surface area (Å²) in [6.45, 7) is 3.73. The number of furan rings is 1. The predicted octanol–water partition coefficient (Wildman–Crippen LogP) is 7.88. The molecule has 1 fully saturated rings. The number of anilines is 2. The van der Waals surface area contributed by atoms with Gasteiger partial charge in [-0.1, -0.05) is 42.5 Å². The Kier molecular flexibility index (Phi) is 8.32. The smallest absolute Gasteiger partial charge is 0.337 e. The molecule has 0 saturated carbocycles. The van der Waals surface area contributed by atoms with E-state index in [1.165, 1.54) is 13.2 Å². The average molecular weight is 593 g/mol. The van der Waals surface area contributed by atoms with Gasteiger partial charge in [0.1, 0.15) is 17.1 Å². The lowest BCUT2D eigenvalue weighted by molar-refractivity contribution is 0.0600. The number of carbonyl (C=O) groups is 2. The Hall–Kier alpha value is -5.11. The number of nitrogens with one attached hydrogen (secondary N) is 1. The maximum Gasteiger partial charge on any atom is 0.337 e. The van der Waals surface area contributed by atoms with E-state index in [9.17, 15) is 9.59 Å². The van der Waals surface area contributed by atoms with Crippen LogP contribution >= 0.6 is 0 Å². The molecule has 7 nitrogen and oxygen atoms in total. The number of halogens is 1. The number of aryl methyl sites for hydroxylation is 1. The molecule has 8 heteroatoms. The summed E-state index contributed by atoms with van der Waals surface area (Å²) < 4.78 is 31.9. The summed E-state index contributed by atoms with van der Waals surface area (Å²) in [5, 5.41) is 3.66. The van der Waals surface area contributed by atoms with Crippen molar-refractivity contribution in [1.29, 1.82) is 0 Å². The Morgan fingerprint density at radius 2 is 1.73 bits per heavy atom. The van der Waals surface area contributed by atoms with Crippen molar-refractivity contribution in [2.24, 2.45) is 5.92 Å². The third kappa shape index (κ3) is 6.15. The Morgan fingerprint density at radius 3 is 2.48 bits per heavy atom. The van der Waals surface area contributed by atoms with Crippen molar-refractivity contribution in [3.05, 3.63) is 114 Å². The highest BCUT2D eigenvalue weighted by atomic mass is 19.1. The number of carbonyl (C=O) groups excluding carboxylic acids is 2. The van der Waals surface area contributed by atoms with Crippen LogP contribution < -0.4 is 15.0 Å². The second kappa shape index (κ2) is 12.6. The zero-order chi connectivity index (χ0) is 30.6. The van der Waals surface area contributed by atoms with E-state index in [2.05, 4.69) is 5.32 Å². The van der Waals surface area contributed by atoms with Crippen LogP contribution in [0.3, 0.4) is 0 Å². The van der Waals surface area contributed by atoms with Crippen LogP contribution in [-0.2, 0) is 4.74 Å². The van der Waals surface area contributed by atoms with E-state index in [1.54, 1.807) is 30.3 Å². The number of rotatable bonds is 8. The van der Waals surface area contributed by atoms with Crippen molar-refractivity contribution in [3.63, 3.8) is 0 Å². The molecule has 0 spiro atoms. The van der Waals surface area contributed by atoms with Crippen LogP contribution in [0.2, 0.25) is 0 Å². The molecule has 5 aromatic rings. The molecule has 6 rings (SSSR count). The number of amides is 1. The summed E-state index contributed by atoms with van der Waals surface area (Å²) in [7, 11) is 1.35. The summed E-state index contributed by atoms with van der Waals surface area (Å²) >= 11 is 0. The summed E-state index contributed by atoms with van der Waals surface area (Å²) in [6, 6.07) is 27.6. The van der Waals surface area contributed by atoms with E-state index in [-0.39, 0.29) is 5.76 Å². The van der Waals surface area contributed by atoms with Gasteiger partial charge >= 0.3 is 5.97 Å². The predicted molar refractivity (Wildman–Crippen MR) is 169 cm³/mol. The number of benzene rings is 4. The molecular formula is C36H33FN2O5. The van der Waals surface area contributed by atoms with Gasteiger partial charge in [0.2, 0.25) is 0 Å². The minimum absolute atomic E-state index is 0.205. The zero-order valence-electron chi connectivity index (χ0n) is 24.6. The molecule has 1 aromatic heterocycles. The van der Waals surface area contributed by atoms with Crippen LogP contribution in [0, 0.1) is 18.7 Å². The molecule has 44 heavy (non-hydrogen) atoms. The fraction of sp³-hybridized carbons (Fsp3) is 0.222. The van der Waals surface area contributed by atoms with E-state index in [0.717, 1.165) is 34.9 Å². The molecule has 4 aromatic carbocycles. The highest BCUT2D eigenvalue weighted by Gasteiger charge is 2.23. The second-order valence-electron chi connectivity index (χ2n) is 11.0. The highest BCUT2D eigenvalue weighted by molar-refractivity contribution is 6.07.